The molecule has 1 aromatic carbocycles. The second-order valence-corrected chi connectivity index (χ2v) is 8.04. The Morgan fingerprint density at radius 2 is 1.82 bits per heavy atom. The minimum atomic E-state index is -0.260. The van der Waals surface area contributed by atoms with Crippen molar-refractivity contribution in [2.75, 3.05) is 29.1 Å². The van der Waals surface area contributed by atoms with Gasteiger partial charge in [-0.3, -0.25) is 9.36 Å². The number of rotatable bonds is 7. The maximum absolute atomic E-state index is 13.3. The second kappa shape index (κ2) is 9.47. The van der Waals surface area contributed by atoms with Crippen LogP contribution in [-0.4, -0.2) is 31.0 Å². The number of unbranched alkanes of at least 4 members (excludes halogenated alkanes) is 1. The number of nitrogens with one attached hydrogen (secondary N) is 1. The maximum Gasteiger partial charge on any atom is 0.267 e. The number of hydrogen-bond donors (Lipinski definition) is 4. The van der Waals surface area contributed by atoms with Crippen molar-refractivity contribution in [1.82, 2.24) is 24.5 Å². The molecule has 0 saturated heterocycles. The van der Waals surface area contributed by atoms with Gasteiger partial charge < -0.3 is 22.5 Å². The topological polar surface area (TPSA) is 164 Å². The minimum Gasteiger partial charge on any atom is -0.384 e. The zero-order valence-electron chi connectivity index (χ0n) is 17.4. The summed E-state index contributed by atoms with van der Waals surface area (Å²) in [7, 11) is 0. The molecule has 0 unspecified atom stereocenters. The van der Waals surface area contributed by atoms with E-state index in [9.17, 15) is 4.79 Å². The van der Waals surface area contributed by atoms with E-state index in [1.54, 1.807) is 30.3 Å². The molecule has 4 rings (SSSR count). The van der Waals surface area contributed by atoms with E-state index < -0.39 is 0 Å². The summed E-state index contributed by atoms with van der Waals surface area (Å²) in [5, 5.41) is 4.03. The zero-order chi connectivity index (χ0) is 23.5. The molecule has 0 amide bonds. The summed E-state index contributed by atoms with van der Waals surface area (Å²) in [6.45, 7) is 0.558. The second-order valence-electron chi connectivity index (χ2n) is 7.26. The van der Waals surface area contributed by atoms with E-state index in [4.69, 9.17) is 45.4 Å². The van der Waals surface area contributed by atoms with Crippen LogP contribution in [0.25, 0.3) is 16.6 Å². The molecule has 0 saturated carbocycles. The Kier molecular flexibility index (Phi) is 6.47. The molecule has 4 aromatic rings. The van der Waals surface area contributed by atoms with E-state index in [-0.39, 0.29) is 22.3 Å². The Morgan fingerprint density at radius 3 is 2.58 bits per heavy atom. The van der Waals surface area contributed by atoms with Gasteiger partial charge in [-0.25, -0.2) is 9.97 Å². The van der Waals surface area contributed by atoms with Crippen LogP contribution in [0.3, 0.4) is 0 Å². The summed E-state index contributed by atoms with van der Waals surface area (Å²) in [4.78, 5) is 30.0. The van der Waals surface area contributed by atoms with Crippen molar-refractivity contribution in [3.8, 4) is 5.69 Å². The summed E-state index contributed by atoms with van der Waals surface area (Å²) in [5.74, 6) is 1.49. The van der Waals surface area contributed by atoms with Crippen LogP contribution in [0.5, 0.6) is 0 Å². The van der Waals surface area contributed by atoms with Crippen LogP contribution in [0.2, 0.25) is 10.0 Å². The lowest BCUT2D eigenvalue weighted by Gasteiger charge is -2.14. The minimum absolute atomic E-state index is 0.0412. The molecule has 0 atom stereocenters. The lowest BCUT2D eigenvalue weighted by atomic mass is 10.2. The number of fused-ring (bicyclic) bond motifs is 1. The SMILES string of the molecule is Nc1ccc(-n2c(CCCCNc3nc(N)nc(N)c3Cl)nc3cccc(Cl)c3c2=O)cn1. The molecule has 10 nitrogen and oxygen atoms in total. The summed E-state index contributed by atoms with van der Waals surface area (Å²) >= 11 is 12.4. The molecule has 33 heavy (non-hydrogen) atoms. The first kappa shape index (κ1) is 22.6. The third-order valence-corrected chi connectivity index (χ3v) is 5.65. The summed E-state index contributed by atoms with van der Waals surface area (Å²) in [6.07, 6.45) is 3.54. The fourth-order valence-corrected chi connectivity index (χ4v) is 3.82. The number of aryl methyl sites for hydroxylation is 1. The Bertz CT molecular complexity index is 1370. The monoisotopic (exact) mass is 485 g/mol. The van der Waals surface area contributed by atoms with Crippen molar-refractivity contribution in [3.05, 3.63) is 62.8 Å². The lowest BCUT2D eigenvalue weighted by molar-refractivity contribution is 0.703. The van der Waals surface area contributed by atoms with Gasteiger partial charge in [0.15, 0.2) is 5.82 Å². The number of hydrogen-bond acceptors (Lipinski definition) is 9. The van der Waals surface area contributed by atoms with Gasteiger partial charge in [-0.1, -0.05) is 29.3 Å². The molecular weight excluding hydrogens is 465 g/mol. The fraction of sp³-hybridized carbons (Fsp3) is 0.190. The van der Waals surface area contributed by atoms with E-state index in [1.165, 1.54) is 10.8 Å². The van der Waals surface area contributed by atoms with Gasteiger partial charge in [0.1, 0.15) is 22.5 Å². The van der Waals surface area contributed by atoms with Crippen LogP contribution in [-0.2, 0) is 6.42 Å². The van der Waals surface area contributed by atoms with E-state index in [0.29, 0.717) is 52.0 Å². The van der Waals surface area contributed by atoms with Gasteiger partial charge in [-0.05, 0) is 37.1 Å². The number of nitrogens with zero attached hydrogens (tertiary/aromatic N) is 5. The molecule has 0 bridgehead atoms. The van der Waals surface area contributed by atoms with Gasteiger partial charge in [-0.15, -0.1) is 0 Å². The molecule has 0 aliphatic heterocycles. The summed E-state index contributed by atoms with van der Waals surface area (Å²) in [6, 6.07) is 8.57. The zero-order valence-corrected chi connectivity index (χ0v) is 18.9. The quantitative estimate of drug-likeness (QED) is 0.287. The number of anilines is 4. The third-order valence-electron chi connectivity index (χ3n) is 4.96. The number of aromatic nitrogens is 5. The molecule has 0 aliphatic carbocycles. The van der Waals surface area contributed by atoms with Gasteiger partial charge in [0.2, 0.25) is 5.95 Å². The van der Waals surface area contributed by atoms with Crippen molar-refractivity contribution < 1.29 is 0 Å². The molecule has 7 N–H and O–H groups in total. The smallest absolute Gasteiger partial charge is 0.267 e. The predicted molar refractivity (Wildman–Crippen MR) is 132 cm³/mol. The summed E-state index contributed by atoms with van der Waals surface area (Å²) in [5.41, 5.74) is 17.9. The molecule has 3 heterocycles. The van der Waals surface area contributed by atoms with Gasteiger partial charge in [-0.2, -0.15) is 9.97 Å². The van der Waals surface area contributed by atoms with E-state index in [1.807, 2.05) is 0 Å². The maximum atomic E-state index is 13.3. The Morgan fingerprint density at radius 1 is 1.00 bits per heavy atom. The Balaban J connectivity index is 1.56. The van der Waals surface area contributed by atoms with Crippen LogP contribution in [0.15, 0.2) is 41.3 Å². The molecule has 3 aromatic heterocycles. The van der Waals surface area contributed by atoms with Gasteiger partial charge >= 0.3 is 0 Å². The van der Waals surface area contributed by atoms with Crippen LogP contribution in [0.1, 0.15) is 18.7 Å². The number of nitrogen functional groups attached to an aromatic ring is 3. The van der Waals surface area contributed by atoms with Crippen molar-refractivity contribution >= 4 is 57.5 Å². The molecule has 0 spiro atoms. The Hall–Kier alpha value is -3.63. The molecule has 0 radical (unpaired) electrons. The van der Waals surface area contributed by atoms with E-state index >= 15 is 0 Å². The number of benzene rings is 1. The van der Waals surface area contributed by atoms with Crippen molar-refractivity contribution in [1.29, 1.82) is 0 Å². The average molecular weight is 486 g/mol. The van der Waals surface area contributed by atoms with Crippen molar-refractivity contribution in [3.63, 3.8) is 0 Å². The Labute approximate surface area is 198 Å². The number of halogens is 2. The normalized spacial score (nSPS) is 11.1. The van der Waals surface area contributed by atoms with Crippen LogP contribution in [0.4, 0.5) is 23.4 Å². The van der Waals surface area contributed by atoms with Gasteiger partial charge in [0.25, 0.3) is 5.56 Å². The van der Waals surface area contributed by atoms with Gasteiger partial charge in [0.05, 0.1) is 27.8 Å². The number of nitrogens with two attached hydrogens (primary N) is 3. The molecule has 170 valence electrons. The summed E-state index contributed by atoms with van der Waals surface area (Å²) < 4.78 is 1.52. The lowest BCUT2D eigenvalue weighted by Crippen LogP contribution is -2.24. The fourth-order valence-electron chi connectivity index (χ4n) is 3.41. The van der Waals surface area contributed by atoms with Crippen LogP contribution < -0.4 is 28.1 Å². The predicted octanol–water partition coefficient (Wildman–Crippen LogP) is 3.06. The van der Waals surface area contributed by atoms with E-state index in [2.05, 4.69) is 20.3 Å². The van der Waals surface area contributed by atoms with Crippen molar-refractivity contribution in [2.24, 2.45) is 0 Å². The highest BCUT2D eigenvalue weighted by Crippen LogP contribution is 2.25. The molecule has 0 aliphatic rings. The molecular formula is C21H21Cl2N9O. The third kappa shape index (κ3) is 4.76. The highest BCUT2D eigenvalue weighted by molar-refractivity contribution is 6.35. The van der Waals surface area contributed by atoms with Crippen LogP contribution >= 0.6 is 23.2 Å². The first-order valence-electron chi connectivity index (χ1n) is 10.1. The largest absolute Gasteiger partial charge is 0.384 e. The standard InChI is InChI=1S/C21H21Cl2N9O/c22-12-4-3-5-13-16(12)20(33)32(11-7-8-14(24)28-10-11)15(29-13)6-1-2-9-27-19-17(23)18(25)30-21(26)31-19/h3-5,7-8,10H,1-2,6,9H2,(H2,24,28)(H5,25,26,27,30,31). The van der Waals surface area contributed by atoms with E-state index in [0.717, 1.165) is 12.8 Å². The first-order chi connectivity index (χ1) is 15.8. The van der Waals surface area contributed by atoms with Crippen molar-refractivity contribution in [2.45, 2.75) is 19.3 Å². The van der Waals surface area contributed by atoms with Crippen LogP contribution in [0, 0.1) is 0 Å². The molecule has 12 heteroatoms. The van der Waals surface area contributed by atoms with Gasteiger partial charge in [0, 0.05) is 13.0 Å². The highest BCUT2D eigenvalue weighted by atomic mass is 35.5. The number of pyridine rings is 1. The average Bonchev–Trinajstić information content (AvgIpc) is 2.77. The molecule has 0 fully saturated rings. The highest BCUT2D eigenvalue weighted by Gasteiger charge is 2.15. The first-order valence-corrected chi connectivity index (χ1v) is 10.8.